The second-order valence-corrected chi connectivity index (χ2v) is 8.38. The molecule has 0 spiro atoms. The van der Waals surface area contributed by atoms with Gasteiger partial charge in [-0.3, -0.25) is 34.1 Å². The topological polar surface area (TPSA) is 125 Å². The van der Waals surface area contributed by atoms with Gasteiger partial charge < -0.3 is 10.6 Å². The summed E-state index contributed by atoms with van der Waals surface area (Å²) in [6, 6.07) is 4.57. The maximum atomic E-state index is 13.2. The van der Waals surface area contributed by atoms with Gasteiger partial charge in [-0.2, -0.15) is 5.10 Å². The van der Waals surface area contributed by atoms with Gasteiger partial charge in [0.2, 0.25) is 11.8 Å². The number of aromatic nitrogens is 2. The van der Waals surface area contributed by atoms with Gasteiger partial charge in [-0.1, -0.05) is 12.1 Å². The van der Waals surface area contributed by atoms with E-state index >= 15 is 0 Å². The lowest BCUT2D eigenvalue weighted by atomic mass is 10.0. The number of imide groups is 2. The lowest BCUT2D eigenvalue weighted by Gasteiger charge is -2.27. The van der Waals surface area contributed by atoms with Crippen LogP contribution in [0.25, 0.3) is 0 Å². The van der Waals surface area contributed by atoms with Crippen molar-refractivity contribution in [2.45, 2.75) is 50.9 Å². The Balaban J connectivity index is 1.30. The Bertz CT molecular complexity index is 1100. The fourth-order valence-electron chi connectivity index (χ4n) is 4.62. The molecular weight excluding hydrogens is 412 g/mol. The van der Waals surface area contributed by atoms with E-state index in [4.69, 9.17) is 0 Å². The number of benzene rings is 1. The van der Waals surface area contributed by atoms with Crippen LogP contribution < -0.4 is 16.0 Å². The van der Waals surface area contributed by atoms with Crippen LogP contribution in [0.15, 0.2) is 30.6 Å². The summed E-state index contributed by atoms with van der Waals surface area (Å²) < 4.78 is 1.89. The number of carbonyl (C=O) groups excluding carboxylic acids is 4. The summed E-state index contributed by atoms with van der Waals surface area (Å²) in [5.74, 6) is -2.00. The molecule has 0 aliphatic carbocycles. The maximum Gasteiger partial charge on any atom is 0.262 e. The number of nitrogens with one attached hydrogen (secondary N) is 3. The number of piperidine rings is 1. The predicted molar refractivity (Wildman–Crippen MR) is 114 cm³/mol. The summed E-state index contributed by atoms with van der Waals surface area (Å²) >= 11 is 0. The Morgan fingerprint density at radius 1 is 1.12 bits per heavy atom. The van der Waals surface area contributed by atoms with E-state index < -0.39 is 29.7 Å². The number of fused-ring (bicyclic) bond motifs is 1. The van der Waals surface area contributed by atoms with E-state index in [1.54, 1.807) is 24.4 Å². The molecule has 1 aromatic carbocycles. The molecule has 32 heavy (non-hydrogen) atoms. The minimum absolute atomic E-state index is 0.0958. The highest BCUT2D eigenvalue weighted by atomic mass is 16.2. The smallest absolute Gasteiger partial charge is 0.262 e. The summed E-state index contributed by atoms with van der Waals surface area (Å²) in [7, 11) is 0. The molecule has 4 heterocycles. The van der Waals surface area contributed by atoms with Crippen molar-refractivity contribution in [3.63, 3.8) is 0 Å². The second-order valence-electron chi connectivity index (χ2n) is 8.38. The standard InChI is InChI=1S/C22H24N6O4/c29-18-7-6-17(20(30)26-18)28-21(31)16-5-1-3-13(19(16)22(28)32)9-24-15-10-25-27(12-15)11-14-4-2-8-23-14/h1,3,5,10,12,14,17,23-24H,2,4,6-9,11H2,(H,26,29,30). The molecule has 2 atom stereocenters. The quantitative estimate of drug-likeness (QED) is 0.568. The Kier molecular flexibility index (Phi) is 5.22. The molecule has 1 aromatic heterocycles. The van der Waals surface area contributed by atoms with Crippen LogP contribution in [-0.4, -0.2) is 56.9 Å². The third kappa shape index (κ3) is 3.66. The third-order valence-electron chi connectivity index (χ3n) is 6.24. The van der Waals surface area contributed by atoms with Crippen molar-refractivity contribution in [3.8, 4) is 0 Å². The average molecular weight is 436 g/mol. The molecule has 2 aromatic rings. The normalized spacial score (nSPS) is 22.9. The van der Waals surface area contributed by atoms with Crippen molar-refractivity contribution in [2.24, 2.45) is 0 Å². The Morgan fingerprint density at radius 2 is 2.00 bits per heavy atom. The summed E-state index contributed by atoms with van der Waals surface area (Å²) in [6.45, 7) is 2.17. The molecule has 0 radical (unpaired) electrons. The van der Waals surface area contributed by atoms with Crippen molar-refractivity contribution in [2.75, 3.05) is 11.9 Å². The van der Waals surface area contributed by atoms with Crippen LogP contribution in [0.1, 0.15) is 52.0 Å². The van der Waals surface area contributed by atoms with E-state index in [0.717, 1.165) is 30.1 Å². The maximum absolute atomic E-state index is 13.2. The molecule has 2 saturated heterocycles. The molecule has 2 unspecified atom stereocenters. The Morgan fingerprint density at radius 3 is 2.78 bits per heavy atom. The molecule has 5 rings (SSSR count). The van der Waals surface area contributed by atoms with Crippen molar-refractivity contribution < 1.29 is 19.2 Å². The molecule has 3 N–H and O–H groups in total. The fraction of sp³-hybridized carbons (Fsp3) is 0.409. The van der Waals surface area contributed by atoms with Gasteiger partial charge in [-0.15, -0.1) is 0 Å². The molecular formula is C22H24N6O4. The Hall–Kier alpha value is -3.53. The zero-order valence-electron chi connectivity index (χ0n) is 17.5. The van der Waals surface area contributed by atoms with Gasteiger partial charge in [0.25, 0.3) is 11.8 Å². The van der Waals surface area contributed by atoms with Crippen LogP contribution in [0.2, 0.25) is 0 Å². The van der Waals surface area contributed by atoms with E-state index in [-0.39, 0.29) is 18.4 Å². The number of anilines is 1. The van der Waals surface area contributed by atoms with Crippen LogP contribution in [0.4, 0.5) is 5.69 Å². The average Bonchev–Trinajstić information content (AvgIpc) is 3.50. The van der Waals surface area contributed by atoms with Crippen molar-refractivity contribution >= 4 is 29.3 Å². The largest absolute Gasteiger partial charge is 0.378 e. The molecule has 166 valence electrons. The molecule has 10 nitrogen and oxygen atoms in total. The number of amides is 4. The van der Waals surface area contributed by atoms with Crippen LogP contribution in [0, 0.1) is 0 Å². The number of nitrogens with zero attached hydrogens (tertiary/aromatic N) is 3. The molecule has 10 heteroatoms. The van der Waals surface area contributed by atoms with Crippen molar-refractivity contribution in [1.29, 1.82) is 0 Å². The minimum Gasteiger partial charge on any atom is -0.378 e. The first-order valence-electron chi connectivity index (χ1n) is 10.8. The van der Waals surface area contributed by atoms with Gasteiger partial charge in [0.1, 0.15) is 6.04 Å². The summed E-state index contributed by atoms with van der Waals surface area (Å²) in [6.07, 6.45) is 6.21. The Labute approximate surface area is 184 Å². The van der Waals surface area contributed by atoms with Crippen molar-refractivity contribution in [1.82, 2.24) is 25.3 Å². The minimum atomic E-state index is -0.969. The molecule has 3 aliphatic rings. The zero-order chi connectivity index (χ0) is 22.2. The van der Waals surface area contributed by atoms with E-state index in [0.29, 0.717) is 23.7 Å². The highest BCUT2D eigenvalue weighted by Crippen LogP contribution is 2.30. The summed E-state index contributed by atoms with van der Waals surface area (Å²) in [5, 5.41) is 13.3. The fourth-order valence-corrected chi connectivity index (χ4v) is 4.62. The lowest BCUT2D eigenvalue weighted by molar-refractivity contribution is -0.136. The van der Waals surface area contributed by atoms with Crippen LogP contribution in [-0.2, 0) is 22.7 Å². The third-order valence-corrected chi connectivity index (χ3v) is 6.24. The van der Waals surface area contributed by atoms with Crippen molar-refractivity contribution in [3.05, 3.63) is 47.3 Å². The van der Waals surface area contributed by atoms with Gasteiger partial charge in [0.15, 0.2) is 0 Å². The molecule has 3 aliphatic heterocycles. The van der Waals surface area contributed by atoms with Gasteiger partial charge in [-0.25, -0.2) is 0 Å². The second kappa shape index (κ2) is 8.19. The zero-order valence-corrected chi connectivity index (χ0v) is 17.5. The molecule has 2 fully saturated rings. The first-order valence-corrected chi connectivity index (χ1v) is 10.8. The number of carbonyl (C=O) groups is 4. The van der Waals surface area contributed by atoms with Gasteiger partial charge in [0.05, 0.1) is 29.6 Å². The van der Waals surface area contributed by atoms with Crippen LogP contribution in [0.5, 0.6) is 0 Å². The summed E-state index contributed by atoms with van der Waals surface area (Å²) in [5.41, 5.74) is 2.07. The van der Waals surface area contributed by atoms with Gasteiger partial charge in [0, 0.05) is 25.2 Å². The van der Waals surface area contributed by atoms with E-state index in [1.165, 1.54) is 6.42 Å². The first-order chi connectivity index (χ1) is 15.5. The predicted octanol–water partition coefficient (Wildman–Crippen LogP) is 0.648. The van der Waals surface area contributed by atoms with E-state index in [9.17, 15) is 19.2 Å². The van der Waals surface area contributed by atoms with E-state index in [1.807, 2.05) is 10.9 Å². The highest BCUT2D eigenvalue weighted by molar-refractivity contribution is 6.24. The SMILES string of the molecule is O=C1CCC(N2C(=O)c3cccc(CNc4cnn(CC5CCCN5)c4)c3C2=O)C(=O)N1. The molecule has 4 amide bonds. The van der Waals surface area contributed by atoms with Gasteiger partial charge in [-0.05, 0) is 37.4 Å². The molecule has 0 bridgehead atoms. The number of hydrogen-bond acceptors (Lipinski definition) is 7. The number of hydrogen-bond donors (Lipinski definition) is 3. The number of rotatable bonds is 6. The lowest BCUT2D eigenvalue weighted by Crippen LogP contribution is -2.54. The van der Waals surface area contributed by atoms with E-state index in [2.05, 4.69) is 21.0 Å². The summed E-state index contributed by atoms with van der Waals surface area (Å²) in [4.78, 5) is 50.8. The molecule has 0 saturated carbocycles. The van der Waals surface area contributed by atoms with Crippen LogP contribution in [0.3, 0.4) is 0 Å². The van der Waals surface area contributed by atoms with Crippen LogP contribution >= 0.6 is 0 Å². The first kappa shape index (κ1) is 20.4. The highest BCUT2D eigenvalue weighted by Gasteiger charge is 2.45. The monoisotopic (exact) mass is 436 g/mol. The van der Waals surface area contributed by atoms with Gasteiger partial charge >= 0.3 is 0 Å².